The zero-order valence-electron chi connectivity index (χ0n) is 8.05. The number of carbonyl (C=O) groups excluding carboxylic acids is 1. The van der Waals surface area contributed by atoms with Crippen molar-refractivity contribution in [2.45, 2.75) is 20.8 Å². The van der Waals surface area contributed by atoms with Crippen molar-refractivity contribution < 1.29 is 9.90 Å². The Hall–Kier alpha value is -0.388. The Kier molecular flexibility index (Phi) is 4.60. The third kappa shape index (κ3) is 2.79. The number of hydrogen-bond acceptors (Lipinski definition) is 2. The van der Waals surface area contributed by atoms with Crippen LogP contribution in [-0.4, -0.2) is 33.3 Å². The molecular formula is C10H11O2Tl. The maximum Gasteiger partial charge on any atom is 1.00 e. The number of benzene rings is 1. The molecule has 1 aromatic carbocycles. The molecule has 0 aliphatic rings. The summed E-state index contributed by atoms with van der Waals surface area (Å²) < 4.78 is 0. The first kappa shape index (κ1) is 12.6. The van der Waals surface area contributed by atoms with E-state index < -0.39 is 5.97 Å². The number of aryl methyl sites for hydroxylation is 3. The van der Waals surface area contributed by atoms with E-state index in [1.807, 2.05) is 19.1 Å². The van der Waals surface area contributed by atoms with E-state index in [4.69, 9.17) is 0 Å². The summed E-state index contributed by atoms with van der Waals surface area (Å²) in [5, 5.41) is 10.6. The smallest absolute Gasteiger partial charge is 0.545 e. The van der Waals surface area contributed by atoms with E-state index >= 15 is 0 Å². The van der Waals surface area contributed by atoms with Gasteiger partial charge >= 0.3 is 27.3 Å². The Bertz CT molecular complexity index is 309. The molecule has 13 heavy (non-hydrogen) atoms. The summed E-state index contributed by atoms with van der Waals surface area (Å²) in [6.07, 6.45) is 0. The maximum atomic E-state index is 10.6. The number of carboxylic acids is 1. The van der Waals surface area contributed by atoms with Crippen LogP contribution in [0.2, 0.25) is 0 Å². The summed E-state index contributed by atoms with van der Waals surface area (Å²) in [5.74, 6) is -1.09. The van der Waals surface area contributed by atoms with Crippen LogP contribution in [0.3, 0.4) is 0 Å². The summed E-state index contributed by atoms with van der Waals surface area (Å²) in [4.78, 5) is 10.6. The van der Waals surface area contributed by atoms with Gasteiger partial charge in [-0.2, -0.15) is 0 Å². The van der Waals surface area contributed by atoms with Gasteiger partial charge in [-0.3, -0.25) is 0 Å². The molecule has 0 saturated heterocycles. The minimum absolute atomic E-state index is 0. The van der Waals surface area contributed by atoms with Gasteiger partial charge < -0.3 is 9.90 Å². The van der Waals surface area contributed by atoms with E-state index in [2.05, 4.69) is 0 Å². The van der Waals surface area contributed by atoms with Gasteiger partial charge in [0.2, 0.25) is 0 Å². The van der Waals surface area contributed by atoms with Crippen molar-refractivity contribution in [2.75, 3.05) is 0 Å². The van der Waals surface area contributed by atoms with E-state index in [9.17, 15) is 9.90 Å². The molecule has 1 rings (SSSR count). The van der Waals surface area contributed by atoms with E-state index in [0.29, 0.717) is 5.56 Å². The number of aromatic carboxylic acids is 1. The normalized spacial score (nSPS) is 9.15. The summed E-state index contributed by atoms with van der Waals surface area (Å²) in [7, 11) is 0. The van der Waals surface area contributed by atoms with E-state index in [1.54, 1.807) is 13.8 Å². The van der Waals surface area contributed by atoms with E-state index in [-0.39, 0.29) is 27.3 Å². The van der Waals surface area contributed by atoms with Crippen molar-refractivity contribution in [3.8, 4) is 0 Å². The Morgan fingerprint density at radius 3 is 1.85 bits per heavy atom. The van der Waals surface area contributed by atoms with Crippen molar-refractivity contribution in [3.05, 3.63) is 34.4 Å². The van der Waals surface area contributed by atoms with Crippen molar-refractivity contribution in [3.63, 3.8) is 0 Å². The van der Waals surface area contributed by atoms with Crippen molar-refractivity contribution in [1.82, 2.24) is 0 Å². The summed E-state index contributed by atoms with van der Waals surface area (Å²) in [6.45, 7) is 5.51. The van der Waals surface area contributed by atoms with Crippen molar-refractivity contribution in [1.29, 1.82) is 0 Å². The molecule has 0 heterocycles. The van der Waals surface area contributed by atoms with Crippen LogP contribution in [0.4, 0.5) is 0 Å². The Labute approximate surface area is 98.1 Å². The molecule has 2 nitrogen and oxygen atoms in total. The van der Waals surface area contributed by atoms with Gasteiger partial charge in [0.25, 0.3) is 0 Å². The van der Waals surface area contributed by atoms with Crippen molar-refractivity contribution >= 4 is 33.3 Å². The second-order valence-electron chi connectivity index (χ2n) is 3.06. The van der Waals surface area contributed by atoms with Crippen LogP contribution in [0.5, 0.6) is 0 Å². The third-order valence-corrected chi connectivity index (χ3v) is 1.88. The number of hydrogen-bond donors (Lipinski definition) is 0. The van der Waals surface area contributed by atoms with Gasteiger partial charge in [-0.1, -0.05) is 17.7 Å². The van der Waals surface area contributed by atoms with Crippen LogP contribution in [0.1, 0.15) is 27.0 Å². The number of carbonyl (C=O) groups is 1. The topological polar surface area (TPSA) is 40.1 Å². The third-order valence-electron chi connectivity index (χ3n) is 1.88. The van der Waals surface area contributed by atoms with E-state index in [1.165, 1.54) is 0 Å². The number of rotatable bonds is 1. The quantitative estimate of drug-likeness (QED) is 0.682. The molecule has 0 amide bonds. The molecule has 0 aromatic heterocycles. The fraction of sp³-hybridized carbons (Fsp3) is 0.300. The molecule has 0 radical (unpaired) electrons. The molecule has 0 fully saturated rings. The van der Waals surface area contributed by atoms with Crippen LogP contribution in [-0.2, 0) is 0 Å². The molecule has 3 heteroatoms. The molecule has 0 N–H and O–H groups in total. The minimum Gasteiger partial charge on any atom is -0.545 e. The minimum atomic E-state index is -1.09. The molecule has 0 aliphatic heterocycles. The van der Waals surface area contributed by atoms with Gasteiger partial charge in [-0.25, -0.2) is 0 Å². The van der Waals surface area contributed by atoms with Crippen LogP contribution in [0.25, 0.3) is 0 Å². The largest absolute Gasteiger partial charge is 1.00 e. The van der Waals surface area contributed by atoms with Gasteiger partial charge in [0.15, 0.2) is 0 Å². The Morgan fingerprint density at radius 1 is 1.15 bits per heavy atom. The van der Waals surface area contributed by atoms with Gasteiger partial charge in [-0.05, 0) is 31.9 Å². The zero-order chi connectivity index (χ0) is 9.30. The molecular weight excluding hydrogens is 356 g/mol. The van der Waals surface area contributed by atoms with Crippen LogP contribution in [0.15, 0.2) is 12.1 Å². The van der Waals surface area contributed by atoms with Crippen LogP contribution >= 0.6 is 0 Å². The van der Waals surface area contributed by atoms with Crippen molar-refractivity contribution in [2.24, 2.45) is 0 Å². The van der Waals surface area contributed by atoms with E-state index in [0.717, 1.165) is 16.7 Å². The Balaban J connectivity index is 0.00000144. The first-order valence-corrected chi connectivity index (χ1v) is 3.81. The van der Waals surface area contributed by atoms with Gasteiger partial charge in [0.1, 0.15) is 0 Å². The second kappa shape index (κ2) is 4.74. The van der Waals surface area contributed by atoms with Crippen LogP contribution < -0.4 is 5.11 Å². The predicted molar refractivity (Wildman–Crippen MR) is 50.7 cm³/mol. The second-order valence-corrected chi connectivity index (χ2v) is 3.06. The monoisotopic (exact) mass is 368 g/mol. The fourth-order valence-electron chi connectivity index (χ4n) is 1.50. The average molecular weight is 368 g/mol. The average Bonchev–Trinajstić information content (AvgIpc) is 1.82. The molecule has 1 aromatic rings. The first-order valence-electron chi connectivity index (χ1n) is 3.81. The van der Waals surface area contributed by atoms with Gasteiger partial charge in [-0.15, -0.1) is 0 Å². The molecule has 0 spiro atoms. The molecule has 0 saturated carbocycles. The van der Waals surface area contributed by atoms with Crippen LogP contribution in [0, 0.1) is 20.8 Å². The zero-order valence-corrected chi connectivity index (χ0v) is 12.5. The molecule has 0 aliphatic carbocycles. The fourth-order valence-corrected chi connectivity index (χ4v) is 1.50. The summed E-state index contributed by atoms with van der Waals surface area (Å²) >= 11 is 0. The molecule has 0 atom stereocenters. The summed E-state index contributed by atoms with van der Waals surface area (Å²) in [5.41, 5.74) is 2.94. The standard InChI is InChI=1S/C10H12O2.Tl/c1-6-4-7(2)9(10(11)12)8(3)5-6;/h4-5H,1-3H3,(H,11,12);/q;+1/p-1. The predicted octanol–water partition coefficient (Wildman–Crippen LogP) is 0.595. The molecule has 0 bridgehead atoms. The molecule has 0 unspecified atom stereocenters. The van der Waals surface area contributed by atoms with Gasteiger partial charge in [0.05, 0.1) is 5.97 Å². The number of carboxylic acid groups (broad SMARTS) is 1. The summed E-state index contributed by atoms with van der Waals surface area (Å²) in [6, 6.07) is 3.69. The maximum absolute atomic E-state index is 10.6. The first-order chi connectivity index (χ1) is 5.52. The molecule has 66 valence electrons. The van der Waals surface area contributed by atoms with Gasteiger partial charge in [0, 0.05) is 5.56 Å². The SMILES string of the molecule is Cc1cc(C)c(C(=O)[O-])c(C)c1.[Tl+]. The Morgan fingerprint density at radius 2 is 1.54 bits per heavy atom.